The molecular formula is C23H29N7O3. The van der Waals surface area contributed by atoms with Crippen molar-refractivity contribution in [1.82, 2.24) is 20.2 Å². The van der Waals surface area contributed by atoms with Gasteiger partial charge in [0.2, 0.25) is 11.8 Å². The minimum absolute atomic E-state index is 0.00347. The third kappa shape index (κ3) is 5.68. The zero-order valence-corrected chi connectivity index (χ0v) is 18.8. The van der Waals surface area contributed by atoms with Gasteiger partial charge in [-0.25, -0.2) is 9.98 Å². The van der Waals surface area contributed by atoms with Crippen molar-refractivity contribution in [3.8, 4) is 0 Å². The molecule has 33 heavy (non-hydrogen) atoms. The zero-order chi connectivity index (χ0) is 23.3. The molecule has 0 radical (unpaired) electrons. The molecule has 0 spiro atoms. The van der Waals surface area contributed by atoms with Crippen molar-refractivity contribution in [2.75, 3.05) is 24.5 Å². The highest BCUT2D eigenvalue weighted by Crippen LogP contribution is 2.44. The number of ketones is 1. The topological polar surface area (TPSA) is 120 Å². The number of nitrogens with one attached hydrogen (secondary N) is 1. The van der Waals surface area contributed by atoms with Gasteiger partial charge in [0.05, 0.1) is 12.6 Å². The number of hydrogen-bond donors (Lipinski definition) is 1. The first-order chi connectivity index (χ1) is 16.0. The van der Waals surface area contributed by atoms with Gasteiger partial charge in [-0.3, -0.25) is 24.4 Å². The van der Waals surface area contributed by atoms with Crippen LogP contribution in [0.15, 0.2) is 40.9 Å². The second-order valence-electron chi connectivity index (χ2n) is 8.78. The molecule has 1 saturated heterocycles. The van der Waals surface area contributed by atoms with Crippen LogP contribution in [0, 0.1) is 5.92 Å². The Labute approximate surface area is 192 Å². The van der Waals surface area contributed by atoms with Crippen LogP contribution in [0.25, 0.3) is 0 Å². The van der Waals surface area contributed by atoms with E-state index in [1.54, 1.807) is 24.9 Å². The highest BCUT2D eigenvalue weighted by atomic mass is 16.2. The number of aliphatic imine (C=N–C) groups is 2. The highest BCUT2D eigenvalue weighted by Gasteiger charge is 2.45. The molecule has 1 saturated carbocycles. The number of carbonyl (C=O) groups is 3. The summed E-state index contributed by atoms with van der Waals surface area (Å²) >= 11 is 0. The van der Waals surface area contributed by atoms with Crippen LogP contribution < -0.4 is 10.2 Å². The molecule has 1 aromatic rings. The summed E-state index contributed by atoms with van der Waals surface area (Å²) in [5.41, 5.74) is -0.206. The number of hydrogen-bond acceptors (Lipinski definition) is 8. The van der Waals surface area contributed by atoms with Crippen LogP contribution in [0.2, 0.25) is 0 Å². The molecule has 2 atom stereocenters. The lowest BCUT2D eigenvalue weighted by Crippen LogP contribution is -2.54. The van der Waals surface area contributed by atoms with Gasteiger partial charge in [0.25, 0.3) is 0 Å². The third-order valence-electron chi connectivity index (χ3n) is 6.36. The van der Waals surface area contributed by atoms with E-state index in [9.17, 15) is 14.4 Å². The predicted molar refractivity (Wildman–Crippen MR) is 124 cm³/mol. The van der Waals surface area contributed by atoms with E-state index < -0.39 is 0 Å². The van der Waals surface area contributed by atoms with Crippen LogP contribution in [-0.2, 0) is 14.4 Å². The average Bonchev–Trinajstić information content (AvgIpc) is 3.57. The summed E-state index contributed by atoms with van der Waals surface area (Å²) in [5.74, 6) is 1.33. The normalized spacial score (nSPS) is 26.2. The van der Waals surface area contributed by atoms with E-state index in [2.05, 4.69) is 37.1 Å². The lowest BCUT2D eigenvalue weighted by atomic mass is 9.90. The molecule has 0 bridgehead atoms. The molecule has 1 N–H and O–H groups in total. The Morgan fingerprint density at radius 1 is 1.24 bits per heavy atom. The molecule has 4 aliphatic rings. The molecule has 2 amide bonds. The number of piperazine rings is 1. The fourth-order valence-electron chi connectivity index (χ4n) is 4.39. The van der Waals surface area contributed by atoms with Crippen LogP contribution >= 0.6 is 0 Å². The zero-order valence-electron chi connectivity index (χ0n) is 18.8. The van der Waals surface area contributed by atoms with E-state index in [4.69, 9.17) is 0 Å². The van der Waals surface area contributed by atoms with E-state index in [0.29, 0.717) is 12.3 Å². The third-order valence-corrected chi connectivity index (χ3v) is 6.36. The molecule has 174 valence electrons. The number of nitrogens with zero attached hydrogens (tertiary/aromatic N) is 6. The van der Waals surface area contributed by atoms with Crippen LogP contribution in [0.3, 0.4) is 0 Å². The van der Waals surface area contributed by atoms with Crippen molar-refractivity contribution >= 4 is 36.0 Å². The number of amides is 2. The summed E-state index contributed by atoms with van der Waals surface area (Å²) in [6.07, 6.45) is 15.2. The fourth-order valence-corrected chi connectivity index (χ4v) is 4.39. The van der Waals surface area contributed by atoms with E-state index >= 15 is 0 Å². The molecule has 1 aliphatic carbocycles. The Morgan fingerprint density at radius 2 is 2.09 bits per heavy atom. The Morgan fingerprint density at radius 3 is 2.67 bits per heavy atom. The highest BCUT2D eigenvalue weighted by molar-refractivity contribution is 6.06. The van der Waals surface area contributed by atoms with Gasteiger partial charge >= 0.3 is 0 Å². The maximum absolute atomic E-state index is 12.7. The van der Waals surface area contributed by atoms with Crippen molar-refractivity contribution in [3.63, 3.8) is 0 Å². The Kier molecular flexibility index (Phi) is 6.90. The SMILES string of the molecule is C[C@H]1CN(C(=O)CCC2(C3CC3)C=NC=N2)CCN1c1cnccn1.O=C1C=CNC(=O)C1. The molecule has 1 unspecified atom stereocenters. The number of aromatic nitrogens is 2. The van der Waals surface area contributed by atoms with Crippen LogP contribution in [0.5, 0.6) is 0 Å². The predicted octanol–water partition coefficient (Wildman–Crippen LogP) is 1.14. The molecule has 2 fully saturated rings. The number of allylic oxidation sites excluding steroid dienone is 1. The minimum atomic E-state index is -0.225. The molecule has 4 heterocycles. The molecule has 1 aromatic heterocycles. The van der Waals surface area contributed by atoms with Crippen molar-refractivity contribution in [2.24, 2.45) is 15.9 Å². The van der Waals surface area contributed by atoms with Crippen molar-refractivity contribution < 1.29 is 14.4 Å². The summed E-state index contributed by atoms with van der Waals surface area (Å²) in [4.78, 5) is 54.8. The smallest absolute Gasteiger partial charge is 0.231 e. The maximum Gasteiger partial charge on any atom is 0.231 e. The number of carbonyl (C=O) groups excluding carboxylic acids is 3. The van der Waals surface area contributed by atoms with Crippen LogP contribution in [-0.4, -0.2) is 76.2 Å². The van der Waals surface area contributed by atoms with Gasteiger partial charge in [0.15, 0.2) is 5.78 Å². The molecule has 10 nitrogen and oxygen atoms in total. The lowest BCUT2D eigenvalue weighted by molar-refractivity contribution is -0.132. The van der Waals surface area contributed by atoms with Gasteiger partial charge in [-0.15, -0.1) is 0 Å². The van der Waals surface area contributed by atoms with Crippen LogP contribution in [0.1, 0.15) is 39.0 Å². The van der Waals surface area contributed by atoms with Crippen molar-refractivity contribution in [3.05, 3.63) is 30.9 Å². The molecule has 0 aromatic carbocycles. The Balaban J connectivity index is 0.000000275. The number of anilines is 1. The summed E-state index contributed by atoms with van der Waals surface area (Å²) in [6.45, 7) is 4.38. The van der Waals surface area contributed by atoms with Gasteiger partial charge in [-0.1, -0.05) is 0 Å². The second-order valence-corrected chi connectivity index (χ2v) is 8.78. The van der Waals surface area contributed by atoms with Gasteiger partial charge < -0.3 is 15.1 Å². The first-order valence-corrected chi connectivity index (χ1v) is 11.3. The molecule has 5 rings (SSSR count). The van der Waals surface area contributed by atoms with E-state index in [1.807, 2.05) is 11.1 Å². The standard InChI is InChI=1S/C18H24N6O.C5H5NO2/c1-14-11-23(8-9-24(14)16-10-19-6-7-21-16)17(25)4-5-18(15-2-3-15)12-20-13-22-18;7-4-1-2-6-5(8)3-4/h6-7,10,12-15H,2-5,8-9,11H2,1H3;1-2H,3H2,(H,6,8)/t14-,18?;/m0./s1. The summed E-state index contributed by atoms with van der Waals surface area (Å²) in [7, 11) is 0. The average molecular weight is 452 g/mol. The lowest BCUT2D eigenvalue weighted by Gasteiger charge is -2.40. The fraction of sp³-hybridized carbons (Fsp3) is 0.522. The molecular weight excluding hydrogens is 422 g/mol. The summed E-state index contributed by atoms with van der Waals surface area (Å²) in [5, 5.41) is 2.37. The largest absolute Gasteiger partial charge is 0.349 e. The van der Waals surface area contributed by atoms with Crippen LogP contribution in [0.4, 0.5) is 5.82 Å². The van der Waals surface area contributed by atoms with Gasteiger partial charge in [-0.2, -0.15) is 0 Å². The van der Waals surface area contributed by atoms with Gasteiger partial charge in [0, 0.05) is 56.9 Å². The summed E-state index contributed by atoms with van der Waals surface area (Å²) in [6, 6.07) is 0.234. The summed E-state index contributed by atoms with van der Waals surface area (Å²) < 4.78 is 0. The van der Waals surface area contributed by atoms with E-state index in [0.717, 1.165) is 31.9 Å². The quantitative estimate of drug-likeness (QED) is 0.671. The first kappa shape index (κ1) is 22.8. The van der Waals surface area contributed by atoms with Crippen molar-refractivity contribution in [1.29, 1.82) is 0 Å². The Bertz CT molecular complexity index is 960. The van der Waals surface area contributed by atoms with Gasteiger partial charge in [-0.05, 0) is 38.2 Å². The van der Waals surface area contributed by atoms with Gasteiger partial charge in [0.1, 0.15) is 17.7 Å². The second kappa shape index (κ2) is 10.0. The van der Waals surface area contributed by atoms with E-state index in [1.165, 1.54) is 25.1 Å². The van der Waals surface area contributed by atoms with E-state index in [-0.39, 0.29) is 35.6 Å². The minimum Gasteiger partial charge on any atom is -0.349 e. The first-order valence-electron chi connectivity index (χ1n) is 11.3. The molecule has 3 aliphatic heterocycles. The maximum atomic E-state index is 12.7. The van der Waals surface area contributed by atoms with Crippen molar-refractivity contribution in [2.45, 2.75) is 50.6 Å². The molecule has 10 heteroatoms. The monoisotopic (exact) mass is 451 g/mol. The number of rotatable bonds is 5. The Hall–Kier alpha value is -3.43.